The minimum absolute atomic E-state index is 0.465. The first-order valence-electron chi connectivity index (χ1n) is 8.10. The molecule has 0 amide bonds. The number of oxazole rings is 1. The van der Waals surface area contributed by atoms with Crippen molar-refractivity contribution in [2.75, 3.05) is 0 Å². The quantitative estimate of drug-likeness (QED) is 0.438. The first-order chi connectivity index (χ1) is 12.8. The number of fused-ring (bicyclic) bond motifs is 1. The fourth-order valence-electron chi connectivity index (χ4n) is 2.48. The van der Waals surface area contributed by atoms with Crippen molar-refractivity contribution < 1.29 is 4.42 Å². The molecule has 0 spiro atoms. The fourth-order valence-corrected chi connectivity index (χ4v) is 2.48. The molecule has 0 aliphatic rings. The summed E-state index contributed by atoms with van der Waals surface area (Å²) in [6, 6.07) is 23.1. The van der Waals surface area contributed by atoms with Crippen molar-refractivity contribution in [1.29, 1.82) is 0 Å². The Balaban J connectivity index is 1.50. The van der Waals surface area contributed by atoms with Crippen LogP contribution in [0.25, 0.3) is 11.1 Å². The minimum Gasteiger partial charge on any atom is -0.408 e. The van der Waals surface area contributed by atoms with Crippen molar-refractivity contribution in [3.05, 3.63) is 100 Å². The molecule has 4 rings (SSSR count). The summed E-state index contributed by atoms with van der Waals surface area (Å²) in [5, 5.41) is 0. The molecule has 3 aromatic carbocycles. The second-order valence-corrected chi connectivity index (χ2v) is 5.69. The van der Waals surface area contributed by atoms with Crippen LogP contribution in [-0.2, 0) is 0 Å². The molecule has 4 aromatic rings. The number of benzene rings is 3. The number of aliphatic imine (C=N–C) groups is 1. The molecule has 4 heteroatoms. The summed E-state index contributed by atoms with van der Waals surface area (Å²) < 4.78 is 5.04. The van der Waals surface area contributed by atoms with E-state index in [0.29, 0.717) is 16.8 Å². The van der Waals surface area contributed by atoms with Gasteiger partial charge in [-0.15, -0.1) is 0 Å². The molecule has 1 heterocycles. The largest absolute Gasteiger partial charge is 0.417 e. The van der Waals surface area contributed by atoms with Crippen LogP contribution in [0.4, 0.5) is 5.69 Å². The van der Waals surface area contributed by atoms with E-state index < -0.39 is 5.76 Å². The first kappa shape index (κ1) is 15.7. The molecule has 124 valence electrons. The van der Waals surface area contributed by atoms with Gasteiger partial charge in [0.1, 0.15) is 0 Å². The van der Waals surface area contributed by atoms with Crippen molar-refractivity contribution >= 4 is 23.0 Å². The summed E-state index contributed by atoms with van der Waals surface area (Å²) >= 11 is 0. The van der Waals surface area contributed by atoms with E-state index in [4.69, 9.17) is 4.42 Å². The molecule has 1 aromatic heterocycles. The third-order valence-electron chi connectivity index (χ3n) is 3.80. The summed E-state index contributed by atoms with van der Waals surface area (Å²) in [5.41, 5.74) is 4.78. The Morgan fingerprint density at radius 3 is 2.38 bits per heavy atom. The van der Waals surface area contributed by atoms with Crippen molar-refractivity contribution in [3.63, 3.8) is 0 Å². The molecule has 0 saturated heterocycles. The monoisotopic (exact) mass is 338 g/mol. The Morgan fingerprint density at radius 2 is 1.62 bits per heavy atom. The van der Waals surface area contributed by atoms with E-state index in [9.17, 15) is 4.79 Å². The van der Waals surface area contributed by atoms with E-state index in [0.717, 1.165) is 16.7 Å². The Kier molecular flexibility index (Phi) is 4.19. The topological polar surface area (TPSA) is 58.4 Å². The van der Waals surface area contributed by atoms with E-state index in [1.54, 1.807) is 18.3 Å². The molecule has 0 unspecified atom stereocenters. The van der Waals surface area contributed by atoms with Gasteiger partial charge in [-0.05, 0) is 42.0 Å². The number of H-pyrrole nitrogens is 1. The van der Waals surface area contributed by atoms with E-state index >= 15 is 0 Å². The average molecular weight is 338 g/mol. The van der Waals surface area contributed by atoms with Crippen LogP contribution in [0, 0.1) is 11.8 Å². The van der Waals surface area contributed by atoms with Crippen LogP contribution in [0.1, 0.15) is 16.7 Å². The molecule has 26 heavy (non-hydrogen) atoms. The van der Waals surface area contributed by atoms with E-state index in [2.05, 4.69) is 21.8 Å². The standard InChI is InChI=1S/C22H14N2O2/c25-22-24-20-13-12-19(14-21(20)26-22)23-15-18-10-8-17(9-11-18)7-6-16-4-2-1-3-5-16/h1-5,8-15H,(H,24,25). The second kappa shape index (κ2) is 6.96. The number of hydrogen-bond donors (Lipinski definition) is 1. The van der Waals surface area contributed by atoms with Crippen LogP contribution < -0.4 is 5.76 Å². The zero-order valence-electron chi connectivity index (χ0n) is 13.8. The first-order valence-corrected chi connectivity index (χ1v) is 8.10. The van der Waals surface area contributed by atoms with Gasteiger partial charge < -0.3 is 4.42 Å². The maximum absolute atomic E-state index is 11.2. The van der Waals surface area contributed by atoms with E-state index in [1.807, 2.05) is 60.7 Å². The second-order valence-electron chi connectivity index (χ2n) is 5.69. The number of nitrogens with zero attached hydrogens (tertiary/aromatic N) is 1. The Hall–Kier alpha value is -3.84. The highest BCUT2D eigenvalue weighted by molar-refractivity contribution is 5.84. The lowest BCUT2D eigenvalue weighted by Crippen LogP contribution is -1.92. The molecular formula is C22H14N2O2. The summed E-state index contributed by atoms with van der Waals surface area (Å²) in [6.07, 6.45) is 1.76. The van der Waals surface area contributed by atoms with Crippen LogP contribution in [0.2, 0.25) is 0 Å². The van der Waals surface area contributed by atoms with Crippen molar-refractivity contribution in [2.24, 2.45) is 4.99 Å². The van der Waals surface area contributed by atoms with Gasteiger partial charge in [-0.1, -0.05) is 42.2 Å². The third kappa shape index (κ3) is 3.63. The fraction of sp³-hybridized carbons (Fsp3) is 0. The lowest BCUT2D eigenvalue weighted by Gasteiger charge is -1.95. The van der Waals surface area contributed by atoms with Crippen LogP contribution in [-0.4, -0.2) is 11.2 Å². The van der Waals surface area contributed by atoms with Crippen LogP contribution in [0.3, 0.4) is 0 Å². The smallest absolute Gasteiger partial charge is 0.408 e. The highest BCUT2D eigenvalue weighted by Crippen LogP contribution is 2.18. The Labute approximate surface area is 149 Å². The van der Waals surface area contributed by atoms with Gasteiger partial charge in [-0.3, -0.25) is 9.98 Å². The highest BCUT2D eigenvalue weighted by atomic mass is 16.4. The zero-order chi connectivity index (χ0) is 17.8. The summed E-state index contributed by atoms with van der Waals surface area (Å²) in [6.45, 7) is 0. The minimum atomic E-state index is -0.465. The third-order valence-corrected chi connectivity index (χ3v) is 3.80. The Morgan fingerprint density at radius 1 is 0.885 bits per heavy atom. The van der Waals surface area contributed by atoms with Gasteiger partial charge in [0.25, 0.3) is 0 Å². The molecule has 0 aliphatic carbocycles. The number of aromatic amines is 1. The zero-order valence-corrected chi connectivity index (χ0v) is 13.8. The van der Waals surface area contributed by atoms with Gasteiger partial charge in [-0.2, -0.15) is 0 Å². The maximum atomic E-state index is 11.2. The van der Waals surface area contributed by atoms with Crippen LogP contribution in [0.15, 0.2) is 87.0 Å². The molecule has 0 aliphatic heterocycles. The molecule has 0 atom stereocenters. The molecule has 4 nitrogen and oxygen atoms in total. The predicted molar refractivity (Wildman–Crippen MR) is 103 cm³/mol. The van der Waals surface area contributed by atoms with Gasteiger partial charge in [0.15, 0.2) is 5.58 Å². The number of aromatic nitrogens is 1. The Bertz CT molecular complexity index is 1190. The highest BCUT2D eigenvalue weighted by Gasteiger charge is 2.00. The lowest BCUT2D eigenvalue weighted by molar-refractivity contribution is 0.555. The molecule has 0 bridgehead atoms. The summed E-state index contributed by atoms with van der Waals surface area (Å²) in [5.74, 6) is 5.81. The van der Waals surface area contributed by atoms with Crippen molar-refractivity contribution in [1.82, 2.24) is 4.98 Å². The van der Waals surface area contributed by atoms with Gasteiger partial charge in [0.2, 0.25) is 0 Å². The van der Waals surface area contributed by atoms with Gasteiger partial charge >= 0.3 is 5.76 Å². The number of nitrogens with one attached hydrogen (secondary N) is 1. The number of rotatable bonds is 2. The molecule has 0 saturated carbocycles. The summed E-state index contributed by atoms with van der Waals surface area (Å²) in [4.78, 5) is 18.2. The van der Waals surface area contributed by atoms with Crippen molar-refractivity contribution in [2.45, 2.75) is 0 Å². The van der Waals surface area contributed by atoms with Gasteiger partial charge in [-0.25, -0.2) is 4.79 Å². The molecular weight excluding hydrogens is 324 g/mol. The van der Waals surface area contributed by atoms with E-state index in [-0.39, 0.29) is 0 Å². The molecule has 0 fully saturated rings. The normalized spacial score (nSPS) is 10.8. The predicted octanol–water partition coefficient (Wildman–Crippen LogP) is 4.27. The SMILES string of the molecule is O=c1[nH]c2ccc(N=Cc3ccc(C#Cc4ccccc4)cc3)cc2o1. The van der Waals surface area contributed by atoms with Gasteiger partial charge in [0.05, 0.1) is 11.2 Å². The number of hydrogen-bond acceptors (Lipinski definition) is 3. The molecule has 1 N–H and O–H groups in total. The summed E-state index contributed by atoms with van der Waals surface area (Å²) in [7, 11) is 0. The van der Waals surface area contributed by atoms with Gasteiger partial charge in [0, 0.05) is 23.4 Å². The molecule has 0 radical (unpaired) electrons. The van der Waals surface area contributed by atoms with Crippen LogP contribution >= 0.6 is 0 Å². The lowest BCUT2D eigenvalue weighted by atomic mass is 10.1. The average Bonchev–Trinajstić information content (AvgIpc) is 3.05. The maximum Gasteiger partial charge on any atom is 0.417 e. The van der Waals surface area contributed by atoms with Crippen LogP contribution in [0.5, 0.6) is 0 Å². The van der Waals surface area contributed by atoms with Crippen molar-refractivity contribution in [3.8, 4) is 11.8 Å². The van der Waals surface area contributed by atoms with E-state index in [1.165, 1.54) is 0 Å².